The Balaban J connectivity index is 0. The molecule has 0 atom stereocenters. The summed E-state index contributed by atoms with van der Waals surface area (Å²) in [7, 11) is 3.51. The molecule has 7 heteroatoms. The van der Waals surface area contributed by atoms with Crippen molar-refractivity contribution in [1.82, 2.24) is 5.32 Å². The standard InChI is InChI=1S/C7H6O3.C5H12N4.C2H6/c8-4-5-1-2-6(9)7(10)3-5;1-7-3-5(9-6)4-8-2;1-2/h1-4,9-10H;3,8H,4,6H2,1-2H3;1-2H3/b;7-3?,9-5+;. The van der Waals surface area contributed by atoms with Gasteiger partial charge in [-0.05, 0) is 25.2 Å². The third-order valence-corrected chi connectivity index (χ3v) is 1.94. The van der Waals surface area contributed by atoms with Gasteiger partial charge in [0.2, 0.25) is 0 Å². The first-order valence-electron chi connectivity index (χ1n) is 6.39. The minimum atomic E-state index is -0.274. The van der Waals surface area contributed by atoms with Gasteiger partial charge in [-0.15, -0.1) is 0 Å². The first-order chi connectivity index (χ1) is 10.1. The summed E-state index contributed by atoms with van der Waals surface area (Å²) in [6, 6.07) is 3.88. The van der Waals surface area contributed by atoms with Crippen LogP contribution in [-0.2, 0) is 0 Å². The Kier molecular flexibility index (Phi) is 13.9. The van der Waals surface area contributed by atoms with E-state index in [9.17, 15) is 4.79 Å². The van der Waals surface area contributed by atoms with Crippen LogP contribution in [0, 0.1) is 0 Å². The van der Waals surface area contributed by atoms with Crippen LogP contribution in [0.3, 0.4) is 0 Å². The van der Waals surface area contributed by atoms with E-state index in [2.05, 4.69) is 15.4 Å². The molecule has 0 heterocycles. The number of aromatic hydroxyl groups is 2. The molecule has 21 heavy (non-hydrogen) atoms. The fraction of sp³-hybridized carbons (Fsp3) is 0.357. The van der Waals surface area contributed by atoms with Crippen LogP contribution in [0.1, 0.15) is 24.2 Å². The Morgan fingerprint density at radius 1 is 1.33 bits per heavy atom. The Hall–Kier alpha value is -2.41. The molecule has 0 radical (unpaired) electrons. The maximum absolute atomic E-state index is 10.1. The molecule has 0 aliphatic carbocycles. The lowest BCUT2D eigenvalue weighted by Gasteiger charge is -1.95. The summed E-state index contributed by atoms with van der Waals surface area (Å²) in [5, 5.41) is 24.0. The van der Waals surface area contributed by atoms with Crippen molar-refractivity contribution >= 4 is 18.2 Å². The van der Waals surface area contributed by atoms with Crippen LogP contribution in [0.25, 0.3) is 0 Å². The van der Waals surface area contributed by atoms with E-state index in [1.165, 1.54) is 18.2 Å². The topological polar surface area (TPSA) is 120 Å². The van der Waals surface area contributed by atoms with Crippen molar-refractivity contribution < 1.29 is 15.0 Å². The Bertz CT molecular complexity index is 460. The lowest BCUT2D eigenvalue weighted by Crippen LogP contribution is -2.20. The molecular weight excluding hydrogens is 272 g/mol. The number of nitrogens with one attached hydrogen (secondary N) is 1. The second-order valence-electron chi connectivity index (χ2n) is 3.40. The number of benzene rings is 1. The number of rotatable bonds is 4. The van der Waals surface area contributed by atoms with E-state index >= 15 is 0 Å². The highest BCUT2D eigenvalue weighted by atomic mass is 16.3. The van der Waals surface area contributed by atoms with Gasteiger partial charge >= 0.3 is 0 Å². The number of hydrazone groups is 1. The van der Waals surface area contributed by atoms with Crippen molar-refractivity contribution in [3.63, 3.8) is 0 Å². The molecule has 0 saturated heterocycles. The van der Waals surface area contributed by atoms with Gasteiger partial charge in [0.05, 0.1) is 5.71 Å². The summed E-state index contributed by atoms with van der Waals surface area (Å²) in [6.45, 7) is 4.66. The van der Waals surface area contributed by atoms with Crippen LogP contribution >= 0.6 is 0 Å². The van der Waals surface area contributed by atoms with Gasteiger partial charge in [-0.25, -0.2) is 0 Å². The fourth-order valence-corrected chi connectivity index (χ4v) is 1.07. The third kappa shape index (κ3) is 10.1. The zero-order valence-corrected chi connectivity index (χ0v) is 12.9. The molecule has 118 valence electrons. The Morgan fingerprint density at radius 3 is 2.33 bits per heavy atom. The zero-order valence-electron chi connectivity index (χ0n) is 12.9. The number of phenols is 2. The highest BCUT2D eigenvalue weighted by Crippen LogP contribution is 2.23. The molecule has 5 N–H and O–H groups in total. The molecule has 1 aromatic carbocycles. The van der Waals surface area contributed by atoms with Gasteiger partial charge in [0.15, 0.2) is 11.5 Å². The summed E-state index contributed by atoms with van der Waals surface area (Å²) in [5.41, 5.74) is 1.09. The van der Waals surface area contributed by atoms with E-state index < -0.39 is 0 Å². The van der Waals surface area contributed by atoms with Crippen LogP contribution in [0.4, 0.5) is 0 Å². The minimum Gasteiger partial charge on any atom is -0.504 e. The van der Waals surface area contributed by atoms with Crippen molar-refractivity contribution in [3.8, 4) is 11.5 Å². The molecule has 7 nitrogen and oxygen atoms in total. The molecule has 0 aliphatic heterocycles. The van der Waals surface area contributed by atoms with Gasteiger partial charge in [-0.1, -0.05) is 13.8 Å². The quantitative estimate of drug-likeness (QED) is 0.218. The average molecular weight is 296 g/mol. The molecule has 0 aliphatic rings. The average Bonchev–Trinajstić information content (AvgIpc) is 2.52. The van der Waals surface area contributed by atoms with E-state index in [0.29, 0.717) is 18.4 Å². The van der Waals surface area contributed by atoms with Crippen LogP contribution in [-0.4, -0.2) is 49.1 Å². The summed E-state index contributed by atoms with van der Waals surface area (Å²) in [4.78, 5) is 13.8. The molecule has 0 bridgehead atoms. The van der Waals surface area contributed by atoms with E-state index in [1.54, 1.807) is 13.3 Å². The monoisotopic (exact) mass is 296 g/mol. The minimum absolute atomic E-state index is 0.217. The van der Waals surface area contributed by atoms with Crippen molar-refractivity contribution in [3.05, 3.63) is 23.8 Å². The summed E-state index contributed by atoms with van der Waals surface area (Å²) >= 11 is 0. The number of phenolic OH excluding ortho intramolecular Hbond substituents is 2. The van der Waals surface area contributed by atoms with Gasteiger partial charge in [0.1, 0.15) is 6.29 Å². The number of carbonyl (C=O) groups excluding carboxylic acids is 1. The van der Waals surface area contributed by atoms with E-state index in [4.69, 9.17) is 16.1 Å². The van der Waals surface area contributed by atoms with Crippen molar-refractivity contribution in [1.29, 1.82) is 0 Å². The van der Waals surface area contributed by atoms with Crippen LogP contribution < -0.4 is 11.2 Å². The van der Waals surface area contributed by atoms with Gasteiger partial charge < -0.3 is 21.4 Å². The van der Waals surface area contributed by atoms with Gasteiger partial charge in [-0.3, -0.25) is 9.79 Å². The second kappa shape index (κ2) is 14.0. The normalized spacial score (nSPS) is 10.2. The number of hydrogen-bond acceptors (Lipinski definition) is 7. The highest BCUT2D eigenvalue weighted by Gasteiger charge is 1.97. The summed E-state index contributed by atoms with van der Waals surface area (Å²) < 4.78 is 0. The number of hydrogen-bond donors (Lipinski definition) is 4. The van der Waals surface area contributed by atoms with Crippen molar-refractivity contribution in [2.75, 3.05) is 20.6 Å². The first kappa shape index (κ1) is 20.9. The molecule has 0 aromatic heterocycles. The Morgan fingerprint density at radius 2 is 1.95 bits per heavy atom. The predicted molar refractivity (Wildman–Crippen MR) is 86.5 cm³/mol. The smallest absolute Gasteiger partial charge is 0.158 e. The Labute approximate surface area is 125 Å². The fourth-order valence-electron chi connectivity index (χ4n) is 1.07. The van der Waals surface area contributed by atoms with E-state index in [0.717, 1.165) is 5.71 Å². The van der Waals surface area contributed by atoms with Gasteiger partial charge in [-0.2, -0.15) is 5.10 Å². The second-order valence-corrected chi connectivity index (χ2v) is 3.40. The predicted octanol–water partition coefficient (Wildman–Crippen LogP) is 1.16. The number of aldehydes is 1. The van der Waals surface area contributed by atoms with Gasteiger partial charge in [0.25, 0.3) is 0 Å². The number of nitrogens with zero attached hydrogens (tertiary/aromatic N) is 2. The highest BCUT2D eigenvalue weighted by molar-refractivity contribution is 6.31. The molecular formula is C14H24N4O3. The largest absolute Gasteiger partial charge is 0.504 e. The SMILES string of the molecule is CC.CN=C/C(CNC)=N\N.O=Cc1ccc(O)c(O)c1. The zero-order chi connectivity index (χ0) is 16.7. The van der Waals surface area contributed by atoms with Gasteiger partial charge in [0, 0.05) is 25.4 Å². The molecule has 1 rings (SSSR count). The van der Waals surface area contributed by atoms with Crippen LogP contribution in [0.5, 0.6) is 11.5 Å². The maximum atomic E-state index is 10.1. The summed E-state index contributed by atoms with van der Waals surface area (Å²) in [5.74, 6) is 4.51. The molecule has 0 unspecified atom stereocenters. The lowest BCUT2D eigenvalue weighted by molar-refractivity contribution is 0.112. The molecule has 0 saturated carbocycles. The van der Waals surface area contributed by atoms with Crippen molar-refractivity contribution in [2.45, 2.75) is 13.8 Å². The van der Waals surface area contributed by atoms with E-state index in [-0.39, 0.29) is 11.5 Å². The summed E-state index contributed by atoms with van der Waals surface area (Å²) in [6.07, 6.45) is 2.22. The number of aliphatic imine (C=N–C) groups is 1. The molecule has 1 aromatic rings. The molecule has 0 spiro atoms. The number of carbonyl (C=O) groups is 1. The van der Waals surface area contributed by atoms with Crippen LogP contribution in [0.15, 0.2) is 28.3 Å². The third-order valence-electron chi connectivity index (χ3n) is 1.94. The van der Waals surface area contributed by atoms with E-state index in [1.807, 2.05) is 20.9 Å². The van der Waals surface area contributed by atoms with Crippen molar-refractivity contribution in [2.24, 2.45) is 15.9 Å². The molecule has 0 amide bonds. The lowest BCUT2D eigenvalue weighted by atomic mass is 10.2. The number of nitrogens with two attached hydrogens (primary N) is 1. The molecule has 0 fully saturated rings. The first-order valence-corrected chi connectivity index (χ1v) is 6.39. The van der Waals surface area contributed by atoms with Crippen LogP contribution in [0.2, 0.25) is 0 Å². The maximum Gasteiger partial charge on any atom is 0.158 e.